The lowest BCUT2D eigenvalue weighted by Gasteiger charge is -2.18. The molecule has 108 valence electrons. The highest BCUT2D eigenvalue weighted by Gasteiger charge is 2.22. The predicted molar refractivity (Wildman–Crippen MR) is 87.5 cm³/mol. The van der Waals surface area contributed by atoms with Crippen LogP contribution < -0.4 is 5.73 Å². The molecule has 0 radical (unpaired) electrons. The van der Waals surface area contributed by atoms with E-state index in [1.807, 2.05) is 18.2 Å². The van der Waals surface area contributed by atoms with Gasteiger partial charge in [0, 0.05) is 17.4 Å². The first kappa shape index (κ1) is 13.9. The summed E-state index contributed by atoms with van der Waals surface area (Å²) in [5.74, 6) is 0.992. The second-order valence-corrected chi connectivity index (χ2v) is 5.57. The molecule has 0 aliphatic heterocycles. The van der Waals surface area contributed by atoms with Crippen molar-refractivity contribution in [3.05, 3.63) is 70.5 Å². The van der Waals surface area contributed by atoms with Crippen molar-refractivity contribution in [1.29, 1.82) is 0 Å². The summed E-state index contributed by atoms with van der Waals surface area (Å²) in [4.78, 5) is 0. The van der Waals surface area contributed by atoms with Crippen molar-refractivity contribution >= 4 is 11.0 Å². The van der Waals surface area contributed by atoms with E-state index in [1.165, 1.54) is 16.7 Å². The zero-order valence-electron chi connectivity index (χ0n) is 12.8. The van der Waals surface area contributed by atoms with Gasteiger partial charge in [0.2, 0.25) is 0 Å². The zero-order valence-corrected chi connectivity index (χ0v) is 12.8. The van der Waals surface area contributed by atoms with Crippen LogP contribution in [0.4, 0.5) is 0 Å². The van der Waals surface area contributed by atoms with Crippen LogP contribution in [0.2, 0.25) is 0 Å². The van der Waals surface area contributed by atoms with Crippen molar-refractivity contribution in [2.75, 3.05) is 0 Å². The molecule has 0 bridgehead atoms. The maximum atomic E-state index is 6.64. The van der Waals surface area contributed by atoms with E-state index in [1.54, 1.807) is 0 Å². The lowest BCUT2D eigenvalue weighted by molar-refractivity contribution is 0.546. The summed E-state index contributed by atoms with van der Waals surface area (Å²) in [5.41, 5.74) is 12.4. The highest BCUT2D eigenvalue weighted by atomic mass is 16.3. The van der Waals surface area contributed by atoms with Crippen LogP contribution in [0, 0.1) is 13.8 Å². The quantitative estimate of drug-likeness (QED) is 0.757. The monoisotopic (exact) mass is 279 g/mol. The summed E-state index contributed by atoms with van der Waals surface area (Å²) in [6, 6.07) is 14.3. The second-order valence-electron chi connectivity index (χ2n) is 5.57. The number of aryl methyl sites for hydroxylation is 3. The van der Waals surface area contributed by atoms with Crippen LogP contribution >= 0.6 is 0 Å². The highest BCUT2D eigenvalue weighted by molar-refractivity contribution is 5.83. The standard InChI is InChI=1S/C19H21NO/c1-4-15-18(14-10-5-6-11-16(14)21-15)19(20)17-12(2)8-7-9-13(17)3/h5-11,19H,4,20H2,1-3H3. The SMILES string of the molecule is CCc1oc2ccccc2c1C(N)c1c(C)cccc1C. The summed E-state index contributed by atoms with van der Waals surface area (Å²) >= 11 is 0. The maximum absolute atomic E-state index is 6.64. The van der Waals surface area contributed by atoms with Crippen molar-refractivity contribution in [2.45, 2.75) is 33.2 Å². The van der Waals surface area contributed by atoms with E-state index in [4.69, 9.17) is 10.2 Å². The zero-order chi connectivity index (χ0) is 15.0. The molecule has 0 aliphatic rings. The summed E-state index contributed by atoms with van der Waals surface area (Å²) < 4.78 is 5.99. The van der Waals surface area contributed by atoms with Gasteiger partial charge >= 0.3 is 0 Å². The Morgan fingerprint density at radius 2 is 1.62 bits per heavy atom. The third-order valence-corrected chi connectivity index (χ3v) is 4.20. The lowest BCUT2D eigenvalue weighted by Crippen LogP contribution is -2.16. The van der Waals surface area contributed by atoms with Gasteiger partial charge in [-0.3, -0.25) is 0 Å². The molecular formula is C19H21NO. The highest BCUT2D eigenvalue weighted by Crippen LogP contribution is 2.35. The fourth-order valence-corrected chi connectivity index (χ4v) is 3.18. The molecule has 0 saturated heterocycles. The number of rotatable bonds is 3. The minimum Gasteiger partial charge on any atom is -0.461 e. The van der Waals surface area contributed by atoms with Gasteiger partial charge in [0.25, 0.3) is 0 Å². The van der Waals surface area contributed by atoms with E-state index in [9.17, 15) is 0 Å². The van der Waals surface area contributed by atoms with Gasteiger partial charge in [0.05, 0.1) is 6.04 Å². The molecule has 2 nitrogen and oxygen atoms in total. The molecule has 21 heavy (non-hydrogen) atoms. The predicted octanol–water partition coefficient (Wildman–Crippen LogP) is 4.66. The minimum absolute atomic E-state index is 0.148. The van der Waals surface area contributed by atoms with Gasteiger partial charge < -0.3 is 10.2 Å². The summed E-state index contributed by atoms with van der Waals surface area (Å²) in [6.07, 6.45) is 0.850. The molecule has 0 saturated carbocycles. The van der Waals surface area contributed by atoms with Crippen LogP contribution in [0.3, 0.4) is 0 Å². The third kappa shape index (κ3) is 2.26. The summed E-state index contributed by atoms with van der Waals surface area (Å²) in [7, 11) is 0. The van der Waals surface area contributed by atoms with E-state index >= 15 is 0 Å². The minimum atomic E-state index is -0.148. The molecule has 2 aromatic carbocycles. The molecule has 2 heteroatoms. The van der Waals surface area contributed by atoms with Crippen LogP contribution in [0.25, 0.3) is 11.0 Å². The lowest BCUT2D eigenvalue weighted by atomic mass is 9.90. The number of para-hydroxylation sites is 1. The van der Waals surface area contributed by atoms with E-state index in [0.717, 1.165) is 28.7 Å². The first-order chi connectivity index (χ1) is 10.1. The molecule has 1 unspecified atom stereocenters. The fourth-order valence-electron chi connectivity index (χ4n) is 3.18. The number of benzene rings is 2. The van der Waals surface area contributed by atoms with Gasteiger partial charge in [-0.2, -0.15) is 0 Å². The largest absolute Gasteiger partial charge is 0.461 e. The Labute approximate surface area is 125 Å². The van der Waals surface area contributed by atoms with Gasteiger partial charge in [-0.1, -0.05) is 43.3 Å². The molecule has 2 N–H and O–H groups in total. The van der Waals surface area contributed by atoms with Crippen LogP contribution in [-0.4, -0.2) is 0 Å². The van der Waals surface area contributed by atoms with E-state index in [-0.39, 0.29) is 6.04 Å². The van der Waals surface area contributed by atoms with Crippen molar-refractivity contribution in [2.24, 2.45) is 5.73 Å². The molecule has 3 rings (SSSR count). The molecule has 0 amide bonds. The smallest absolute Gasteiger partial charge is 0.134 e. The van der Waals surface area contributed by atoms with E-state index in [2.05, 4.69) is 45.0 Å². The Morgan fingerprint density at radius 3 is 2.29 bits per heavy atom. The molecule has 3 aromatic rings. The molecule has 0 aliphatic carbocycles. The van der Waals surface area contributed by atoms with Gasteiger partial charge in [0.1, 0.15) is 11.3 Å². The molecular weight excluding hydrogens is 258 g/mol. The van der Waals surface area contributed by atoms with Crippen molar-refractivity contribution in [3.63, 3.8) is 0 Å². The van der Waals surface area contributed by atoms with Gasteiger partial charge in [-0.25, -0.2) is 0 Å². The first-order valence-corrected chi connectivity index (χ1v) is 7.45. The maximum Gasteiger partial charge on any atom is 0.134 e. The average Bonchev–Trinajstić information content (AvgIpc) is 2.85. The molecule has 1 heterocycles. The number of hydrogen-bond acceptors (Lipinski definition) is 2. The number of furan rings is 1. The Hall–Kier alpha value is -2.06. The Morgan fingerprint density at radius 1 is 0.952 bits per heavy atom. The van der Waals surface area contributed by atoms with Crippen LogP contribution in [-0.2, 0) is 6.42 Å². The van der Waals surface area contributed by atoms with Crippen molar-refractivity contribution in [3.8, 4) is 0 Å². The number of nitrogens with two attached hydrogens (primary N) is 1. The summed E-state index contributed by atoms with van der Waals surface area (Å²) in [5, 5.41) is 1.13. The molecule has 1 aromatic heterocycles. The molecule has 1 atom stereocenters. The third-order valence-electron chi connectivity index (χ3n) is 4.20. The van der Waals surface area contributed by atoms with Crippen molar-refractivity contribution in [1.82, 2.24) is 0 Å². The van der Waals surface area contributed by atoms with E-state index in [0.29, 0.717) is 0 Å². The summed E-state index contributed by atoms with van der Waals surface area (Å²) in [6.45, 7) is 6.35. The molecule has 0 spiro atoms. The normalized spacial score (nSPS) is 12.8. The fraction of sp³-hybridized carbons (Fsp3) is 0.263. The average molecular weight is 279 g/mol. The molecule has 0 fully saturated rings. The number of hydrogen-bond donors (Lipinski definition) is 1. The Balaban J connectivity index is 2.24. The topological polar surface area (TPSA) is 39.2 Å². The van der Waals surface area contributed by atoms with Crippen molar-refractivity contribution < 1.29 is 4.42 Å². The van der Waals surface area contributed by atoms with Gasteiger partial charge in [-0.15, -0.1) is 0 Å². The first-order valence-electron chi connectivity index (χ1n) is 7.45. The Bertz CT molecular complexity index is 765. The van der Waals surface area contributed by atoms with Crippen LogP contribution in [0.15, 0.2) is 46.9 Å². The Kier molecular flexibility index (Phi) is 3.56. The van der Waals surface area contributed by atoms with Crippen LogP contribution in [0.5, 0.6) is 0 Å². The van der Waals surface area contributed by atoms with Gasteiger partial charge in [-0.05, 0) is 36.6 Å². The van der Waals surface area contributed by atoms with Crippen LogP contribution in [0.1, 0.15) is 41.0 Å². The van der Waals surface area contributed by atoms with E-state index < -0.39 is 0 Å². The van der Waals surface area contributed by atoms with Gasteiger partial charge in [0.15, 0.2) is 0 Å². The second kappa shape index (κ2) is 5.38. The number of fused-ring (bicyclic) bond motifs is 1.